The van der Waals surface area contributed by atoms with Gasteiger partial charge in [-0.25, -0.2) is 0 Å². The highest BCUT2D eigenvalue weighted by Gasteiger charge is 2.12. The maximum absolute atomic E-state index is 9.50. The summed E-state index contributed by atoms with van der Waals surface area (Å²) >= 11 is 0. The number of hydrogen-bond donors (Lipinski definition) is 2. The number of rotatable bonds is 8. The smallest absolute Gasteiger partial charge is 0.123 e. The molecule has 1 rings (SSSR count). The van der Waals surface area contributed by atoms with E-state index in [9.17, 15) is 5.11 Å². The number of aliphatic hydroxyl groups excluding tert-OH is 2. The van der Waals surface area contributed by atoms with Crippen LogP contribution in [-0.4, -0.2) is 48.0 Å². The highest BCUT2D eigenvalue weighted by atomic mass is 16.5. The fourth-order valence-corrected chi connectivity index (χ4v) is 1.82. The van der Waals surface area contributed by atoms with Gasteiger partial charge >= 0.3 is 0 Å². The van der Waals surface area contributed by atoms with Gasteiger partial charge in [0.05, 0.1) is 19.8 Å². The van der Waals surface area contributed by atoms with Crippen LogP contribution < -0.4 is 4.74 Å². The van der Waals surface area contributed by atoms with Gasteiger partial charge in [0.15, 0.2) is 0 Å². The van der Waals surface area contributed by atoms with Crippen molar-refractivity contribution in [3.63, 3.8) is 0 Å². The minimum absolute atomic E-state index is 0.237. The fraction of sp³-hybridized carbons (Fsp3) is 0.429. The molecule has 2 N–H and O–H groups in total. The number of para-hydroxylation sites is 1. The molecule has 0 saturated carbocycles. The first kappa shape index (κ1) is 14.7. The van der Waals surface area contributed by atoms with Crippen LogP contribution in [-0.2, 0) is 6.54 Å². The van der Waals surface area contributed by atoms with Crippen molar-refractivity contribution in [2.75, 3.05) is 26.8 Å². The summed E-state index contributed by atoms with van der Waals surface area (Å²) < 4.78 is 5.29. The Labute approximate surface area is 108 Å². The molecule has 0 spiro atoms. The van der Waals surface area contributed by atoms with Crippen molar-refractivity contribution in [2.45, 2.75) is 12.6 Å². The van der Waals surface area contributed by atoms with Crippen molar-refractivity contribution >= 4 is 0 Å². The van der Waals surface area contributed by atoms with Crippen LogP contribution in [0.1, 0.15) is 5.56 Å². The van der Waals surface area contributed by atoms with Gasteiger partial charge in [-0.1, -0.05) is 24.3 Å². The van der Waals surface area contributed by atoms with Crippen molar-refractivity contribution < 1.29 is 14.9 Å². The predicted octanol–water partition coefficient (Wildman–Crippen LogP) is 1.04. The second-order valence-corrected chi connectivity index (χ2v) is 4.13. The SMILES string of the molecule is C=CCN(Cc1ccccc1OC)C[C@@H](O)CO. The van der Waals surface area contributed by atoms with E-state index in [1.165, 1.54) is 0 Å². The Hall–Kier alpha value is -1.36. The van der Waals surface area contributed by atoms with Gasteiger partial charge in [-0.3, -0.25) is 4.90 Å². The number of methoxy groups -OCH3 is 1. The molecule has 4 heteroatoms. The average molecular weight is 251 g/mol. The third-order valence-electron chi connectivity index (χ3n) is 2.65. The Bertz CT molecular complexity index is 368. The Morgan fingerprint density at radius 1 is 1.44 bits per heavy atom. The third kappa shape index (κ3) is 4.49. The first-order chi connectivity index (χ1) is 8.71. The topological polar surface area (TPSA) is 52.9 Å². The van der Waals surface area contributed by atoms with Gasteiger partial charge in [0, 0.05) is 25.2 Å². The summed E-state index contributed by atoms with van der Waals surface area (Å²) in [7, 11) is 1.64. The number of ether oxygens (including phenoxy) is 1. The van der Waals surface area contributed by atoms with Crippen molar-refractivity contribution in [1.29, 1.82) is 0 Å². The first-order valence-corrected chi connectivity index (χ1v) is 5.95. The van der Waals surface area contributed by atoms with E-state index in [4.69, 9.17) is 9.84 Å². The monoisotopic (exact) mass is 251 g/mol. The number of hydrogen-bond acceptors (Lipinski definition) is 4. The van der Waals surface area contributed by atoms with Crippen LogP contribution in [0.25, 0.3) is 0 Å². The highest BCUT2D eigenvalue weighted by Crippen LogP contribution is 2.19. The molecule has 0 aliphatic heterocycles. The molecule has 0 heterocycles. The lowest BCUT2D eigenvalue weighted by atomic mass is 10.1. The van der Waals surface area contributed by atoms with Gasteiger partial charge in [-0.15, -0.1) is 6.58 Å². The minimum atomic E-state index is -0.736. The molecule has 0 amide bonds. The quantitative estimate of drug-likeness (QED) is 0.678. The van der Waals surface area contributed by atoms with E-state index in [1.807, 2.05) is 29.2 Å². The van der Waals surface area contributed by atoms with Crippen LogP contribution in [0.3, 0.4) is 0 Å². The lowest BCUT2D eigenvalue weighted by Crippen LogP contribution is -2.34. The molecule has 0 saturated heterocycles. The van der Waals surface area contributed by atoms with E-state index in [2.05, 4.69) is 6.58 Å². The van der Waals surface area contributed by atoms with Gasteiger partial charge in [0.1, 0.15) is 5.75 Å². The molecule has 18 heavy (non-hydrogen) atoms. The van der Waals surface area contributed by atoms with Crippen molar-refractivity contribution in [3.8, 4) is 5.75 Å². The molecule has 0 unspecified atom stereocenters. The lowest BCUT2D eigenvalue weighted by molar-refractivity contribution is 0.0602. The minimum Gasteiger partial charge on any atom is -0.496 e. The molecule has 0 aliphatic rings. The maximum Gasteiger partial charge on any atom is 0.123 e. The molecule has 1 atom stereocenters. The van der Waals surface area contributed by atoms with E-state index in [1.54, 1.807) is 13.2 Å². The zero-order chi connectivity index (χ0) is 13.4. The Kier molecular flexibility index (Phi) is 6.43. The van der Waals surface area contributed by atoms with Crippen molar-refractivity contribution in [1.82, 2.24) is 4.90 Å². The molecule has 1 aromatic carbocycles. The van der Waals surface area contributed by atoms with Crippen LogP contribution in [0.15, 0.2) is 36.9 Å². The maximum atomic E-state index is 9.50. The molecule has 0 aliphatic carbocycles. The summed E-state index contributed by atoms with van der Waals surface area (Å²) in [5, 5.41) is 18.4. The highest BCUT2D eigenvalue weighted by molar-refractivity contribution is 5.33. The molecule has 0 aromatic heterocycles. The van der Waals surface area contributed by atoms with Crippen molar-refractivity contribution in [2.24, 2.45) is 0 Å². The van der Waals surface area contributed by atoms with Crippen LogP contribution in [0.2, 0.25) is 0 Å². The molecule has 4 nitrogen and oxygen atoms in total. The largest absolute Gasteiger partial charge is 0.496 e. The van der Waals surface area contributed by atoms with Crippen molar-refractivity contribution in [3.05, 3.63) is 42.5 Å². The van der Waals surface area contributed by atoms with Gasteiger partial charge in [0.25, 0.3) is 0 Å². The summed E-state index contributed by atoms with van der Waals surface area (Å²) in [4.78, 5) is 2.01. The van der Waals surface area contributed by atoms with E-state index in [0.717, 1.165) is 11.3 Å². The van der Waals surface area contributed by atoms with E-state index < -0.39 is 6.10 Å². The molecular weight excluding hydrogens is 230 g/mol. The van der Waals surface area contributed by atoms with Crippen LogP contribution in [0.4, 0.5) is 0 Å². The summed E-state index contributed by atoms with van der Waals surface area (Å²) in [6, 6.07) is 7.76. The molecule has 100 valence electrons. The van der Waals surface area contributed by atoms with Crippen LogP contribution in [0.5, 0.6) is 5.75 Å². The number of benzene rings is 1. The standard InChI is InChI=1S/C14H21NO3/c1-3-8-15(10-13(17)11-16)9-12-6-4-5-7-14(12)18-2/h3-7,13,16-17H,1,8-11H2,2H3/t13-/m1/s1. The van der Waals surface area contributed by atoms with E-state index in [-0.39, 0.29) is 6.61 Å². The summed E-state index contributed by atoms with van der Waals surface area (Å²) in [5.41, 5.74) is 1.05. The number of aliphatic hydroxyl groups is 2. The molecule has 0 fully saturated rings. The first-order valence-electron chi connectivity index (χ1n) is 5.95. The predicted molar refractivity (Wildman–Crippen MR) is 71.6 cm³/mol. The third-order valence-corrected chi connectivity index (χ3v) is 2.65. The summed E-state index contributed by atoms with van der Waals surface area (Å²) in [5.74, 6) is 0.824. The van der Waals surface area contributed by atoms with Crippen LogP contribution in [0, 0.1) is 0 Å². The fourth-order valence-electron chi connectivity index (χ4n) is 1.82. The van der Waals surface area contributed by atoms with Gasteiger partial charge < -0.3 is 14.9 Å². The zero-order valence-electron chi connectivity index (χ0n) is 10.7. The average Bonchev–Trinajstić information content (AvgIpc) is 2.39. The Balaban J connectivity index is 2.72. The van der Waals surface area contributed by atoms with E-state index in [0.29, 0.717) is 19.6 Å². The number of nitrogens with zero attached hydrogens (tertiary/aromatic N) is 1. The summed E-state index contributed by atoms with van der Waals surface area (Å²) in [6.45, 7) is 5.16. The summed E-state index contributed by atoms with van der Waals surface area (Å²) in [6.07, 6.45) is 1.04. The van der Waals surface area contributed by atoms with Gasteiger partial charge in [-0.05, 0) is 6.07 Å². The lowest BCUT2D eigenvalue weighted by Gasteiger charge is -2.23. The van der Waals surface area contributed by atoms with Gasteiger partial charge in [-0.2, -0.15) is 0 Å². The second-order valence-electron chi connectivity index (χ2n) is 4.13. The second kappa shape index (κ2) is 7.87. The van der Waals surface area contributed by atoms with Crippen LogP contribution >= 0.6 is 0 Å². The van der Waals surface area contributed by atoms with E-state index >= 15 is 0 Å². The molecule has 0 bridgehead atoms. The van der Waals surface area contributed by atoms with Gasteiger partial charge in [0.2, 0.25) is 0 Å². The Morgan fingerprint density at radius 2 is 2.17 bits per heavy atom. The molecular formula is C14H21NO3. The molecule has 1 aromatic rings. The normalized spacial score (nSPS) is 12.4. The Morgan fingerprint density at radius 3 is 2.78 bits per heavy atom. The molecule has 0 radical (unpaired) electrons. The zero-order valence-corrected chi connectivity index (χ0v) is 10.7.